The molecule has 0 radical (unpaired) electrons. The van der Waals surface area contributed by atoms with E-state index >= 15 is 0 Å². The minimum absolute atomic E-state index is 0.567. The zero-order valence-corrected chi connectivity index (χ0v) is 31.3. The molecule has 0 aliphatic carbocycles. The number of para-hydroxylation sites is 3. The van der Waals surface area contributed by atoms with Crippen molar-refractivity contribution in [2.24, 2.45) is 0 Å². The summed E-state index contributed by atoms with van der Waals surface area (Å²) < 4.78 is 18.9. The predicted octanol–water partition coefficient (Wildman–Crippen LogP) is 14.5. The Balaban J connectivity index is 1.05. The van der Waals surface area contributed by atoms with E-state index in [2.05, 4.69) is 109 Å². The molecule has 59 heavy (non-hydrogen) atoms. The highest BCUT2D eigenvalue weighted by atomic mass is 16.3. The second-order valence-corrected chi connectivity index (χ2v) is 15.1. The molecular formula is C53H29N3O3. The topological polar surface area (TPSA) is 78.1 Å². The van der Waals surface area contributed by atoms with Gasteiger partial charge in [-0.05, 0) is 87.3 Å². The zero-order valence-electron chi connectivity index (χ0n) is 31.3. The number of benzene rings is 9. The lowest BCUT2D eigenvalue weighted by Gasteiger charge is -2.14. The third-order valence-corrected chi connectivity index (χ3v) is 11.7. The maximum Gasteiger partial charge on any atom is 0.164 e. The van der Waals surface area contributed by atoms with Gasteiger partial charge in [-0.25, -0.2) is 15.0 Å². The highest BCUT2D eigenvalue weighted by Crippen LogP contribution is 2.43. The van der Waals surface area contributed by atoms with E-state index in [1.54, 1.807) is 0 Å². The Kier molecular flexibility index (Phi) is 6.63. The van der Waals surface area contributed by atoms with Crippen molar-refractivity contribution in [1.29, 1.82) is 0 Å². The Morgan fingerprint density at radius 3 is 1.49 bits per heavy atom. The molecule has 0 saturated carbocycles. The molecule has 6 heteroatoms. The SMILES string of the molecule is c1ccc2c(c1)oc1cc3cc(-c4nc(-c5ccc(-c6cccc7oc8ccccc8c67)c6ccccc56)nc(-c5cccc6oc7ccccc7c56)n4)ccc3cc12. The third kappa shape index (κ3) is 4.84. The fourth-order valence-electron chi connectivity index (χ4n) is 9.04. The van der Waals surface area contributed by atoms with Gasteiger partial charge in [0.25, 0.3) is 0 Å². The maximum atomic E-state index is 6.33. The molecule has 6 nitrogen and oxygen atoms in total. The summed E-state index contributed by atoms with van der Waals surface area (Å²) in [5.74, 6) is 1.72. The van der Waals surface area contributed by atoms with Gasteiger partial charge in [0.05, 0.1) is 0 Å². The fraction of sp³-hybridized carbons (Fsp3) is 0. The Morgan fingerprint density at radius 2 is 0.780 bits per heavy atom. The molecule has 274 valence electrons. The van der Waals surface area contributed by atoms with E-state index in [4.69, 9.17) is 28.2 Å². The summed E-state index contributed by atoms with van der Waals surface area (Å²) in [4.78, 5) is 15.8. The first-order valence-electron chi connectivity index (χ1n) is 19.7. The van der Waals surface area contributed by atoms with Crippen LogP contribution in [0.3, 0.4) is 0 Å². The monoisotopic (exact) mass is 755 g/mol. The van der Waals surface area contributed by atoms with Gasteiger partial charge < -0.3 is 13.3 Å². The average Bonchev–Trinajstić information content (AvgIpc) is 3.98. The quantitative estimate of drug-likeness (QED) is 0.178. The van der Waals surface area contributed by atoms with Gasteiger partial charge in [-0.2, -0.15) is 0 Å². The summed E-state index contributed by atoms with van der Waals surface area (Å²) in [6.45, 7) is 0. The van der Waals surface area contributed by atoms with E-state index in [0.717, 1.165) is 115 Å². The lowest BCUT2D eigenvalue weighted by atomic mass is 9.92. The summed E-state index contributed by atoms with van der Waals surface area (Å²) in [6, 6.07) is 60.4. The molecule has 13 rings (SSSR count). The van der Waals surface area contributed by atoms with Gasteiger partial charge in [0.1, 0.15) is 33.5 Å². The molecular weight excluding hydrogens is 727 g/mol. The van der Waals surface area contributed by atoms with E-state index in [-0.39, 0.29) is 0 Å². The lowest BCUT2D eigenvalue weighted by molar-refractivity contribution is 0.668. The number of furan rings is 3. The molecule has 0 fully saturated rings. The smallest absolute Gasteiger partial charge is 0.164 e. The van der Waals surface area contributed by atoms with Crippen LogP contribution >= 0.6 is 0 Å². The number of aromatic nitrogens is 3. The molecule has 4 heterocycles. The van der Waals surface area contributed by atoms with Gasteiger partial charge in [-0.15, -0.1) is 0 Å². The molecule has 0 aliphatic rings. The predicted molar refractivity (Wildman–Crippen MR) is 238 cm³/mol. The normalized spacial score (nSPS) is 12.1. The van der Waals surface area contributed by atoms with E-state index < -0.39 is 0 Å². The maximum absolute atomic E-state index is 6.33. The first-order valence-corrected chi connectivity index (χ1v) is 19.7. The van der Waals surface area contributed by atoms with Crippen LogP contribution in [0.2, 0.25) is 0 Å². The van der Waals surface area contributed by atoms with Crippen LogP contribution in [0.15, 0.2) is 189 Å². The highest BCUT2D eigenvalue weighted by molar-refractivity contribution is 6.17. The average molecular weight is 756 g/mol. The van der Waals surface area contributed by atoms with Crippen LogP contribution in [-0.4, -0.2) is 15.0 Å². The van der Waals surface area contributed by atoms with Gasteiger partial charge in [0, 0.05) is 49.0 Å². The molecule has 13 aromatic rings. The van der Waals surface area contributed by atoms with Crippen LogP contribution in [0.4, 0.5) is 0 Å². The Hall–Kier alpha value is -8.09. The minimum Gasteiger partial charge on any atom is -0.456 e. The number of fused-ring (bicyclic) bond motifs is 11. The van der Waals surface area contributed by atoms with Crippen LogP contribution < -0.4 is 0 Å². The number of hydrogen-bond donors (Lipinski definition) is 0. The molecule has 0 bridgehead atoms. The van der Waals surface area contributed by atoms with Crippen molar-refractivity contribution in [3.8, 4) is 45.3 Å². The van der Waals surface area contributed by atoms with Crippen molar-refractivity contribution in [2.45, 2.75) is 0 Å². The van der Waals surface area contributed by atoms with E-state index in [9.17, 15) is 0 Å². The first kappa shape index (κ1) is 32.0. The van der Waals surface area contributed by atoms with Gasteiger partial charge in [-0.1, -0.05) is 121 Å². The highest BCUT2D eigenvalue weighted by Gasteiger charge is 2.21. The molecule has 0 aliphatic heterocycles. The molecule has 0 atom stereocenters. The largest absolute Gasteiger partial charge is 0.456 e. The van der Waals surface area contributed by atoms with Crippen LogP contribution in [0.1, 0.15) is 0 Å². The summed E-state index contributed by atoms with van der Waals surface area (Å²) in [7, 11) is 0. The Bertz CT molecular complexity index is 3870. The summed E-state index contributed by atoms with van der Waals surface area (Å²) >= 11 is 0. The minimum atomic E-state index is 0.567. The van der Waals surface area contributed by atoms with E-state index in [1.165, 1.54) is 0 Å². The molecule has 4 aromatic heterocycles. The van der Waals surface area contributed by atoms with E-state index in [1.807, 2.05) is 66.7 Å². The zero-order chi connectivity index (χ0) is 38.6. The van der Waals surface area contributed by atoms with Crippen LogP contribution in [-0.2, 0) is 0 Å². The van der Waals surface area contributed by atoms with Crippen molar-refractivity contribution in [3.63, 3.8) is 0 Å². The van der Waals surface area contributed by atoms with Crippen LogP contribution in [0.5, 0.6) is 0 Å². The van der Waals surface area contributed by atoms with E-state index in [0.29, 0.717) is 17.5 Å². The summed E-state index contributed by atoms with van der Waals surface area (Å²) in [5, 5.41) is 10.7. The Morgan fingerprint density at radius 1 is 0.271 bits per heavy atom. The number of rotatable bonds is 4. The van der Waals surface area contributed by atoms with Gasteiger partial charge in [-0.3, -0.25) is 0 Å². The van der Waals surface area contributed by atoms with Gasteiger partial charge in [0.15, 0.2) is 17.5 Å². The van der Waals surface area contributed by atoms with Gasteiger partial charge in [0.2, 0.25) is 0 Å². The molecule has 0 unspecified atom stereocenters. The summed E-state index contributed by atoms with van der Waals surface area (Å²) in [6.07, 6.45) is 0. The standard InChI is InChI=1S/C53H29N3O3/c1-2-12-34-33(11-1)35(37-16-9-21-46-49(37)39-14-4-7-19-44(39)57-46)25-26-38(34)52-54-51(55-53(56-52)41-17-10-22-47-50(41)40-15-5-8-20-45(40)58-47)31-24-23-30-28-42-36-13-3-6-18-43(36)59-48(42)29-32(30)27-31/h1-29H. The third-order valence-electron chi connectivity index (χ3n) is 11.7. The lowest BCUT2D eigenvalue weighted by Crippen LogP contribution is -2.01. The fourth-order valence-corrected chi connectivity index (χ4v) is 9.04. The molecule has 0 amide bonds. The van der Waals surface area contributed by atoms with Gasteiger partial charge >= 0.3 is 0 Å². The molecule has 0 spiro atoms. The van der Waals surface area contributed by atoms with Crippen LogP contribution in [0.25, 0.3) is 133 Å². The summed E-state index contributed by atoms with van der Waals surface area (Å²) in [5.41, 5.74) is 9.93. The van der Waals surface area contributed by atoms with Crippen molar-refractivity contribution in [3.05, 3.63) is 176 Å². The van der Waals surface area contributed by atoms with Crippen molar-refractivity contribution < 1.29 is 13.3 Å². The number of nitrogens with zero attached hydrogens (tertiary/aromatic N) is 3. The second-order valence-electron chi connectivity index (χ2n) is 15.1. The molecule has 0 N–H and O–H groups in total. The molecule has 0 saturated heterocycles. The van der Waals surface area contributed by atoms with Crippen molar-refractivity contribution in [1.82, 2.24) is 15.0 Å². The number of hydrogen-bond acceptors (Lipinski definition) is 6. The first-order chi connectivity index (χ1) is 29.2. The molecule has 9 aromatic carbocycles. The van der Waals surface area contributed by atoms with Crippen molar-refractivity contribution >= 4 is 87.4 Å². The second kappa shape index (κ2) is 12.2. The van der Waals surface area contributed by atoms with Crippen LogP contribution in [0, 0.1) is 0 Å². The van der Waals surface area contributed by atoms with Crippen molar-refractivity contribution in [2.75, 3.05) is 0 Å². The Labute approximate surface area is 335 Å².